The largest absolute Gasteiger partial charge is 0.361 e. The zero-order chi connectivity index (χ0) is 22.1. The third-order valence-corrected chi connectivity index (χ3v) is 5.68. The Labute approximate surface area is 183 Å². The molecule has 0 bridgehead atoms. The zero-order valence-corrected chi connectivity index (χ0v) is 17.1. The van der Waals surface area contributed by atoms with Crippen LogP contribution in [0.5, 0.6) is 0 Å². The summed E-state index contributed by atoms with van der Waals surface area (Å²) < 4.78 is 0. The van der Waals surface area contributed by atoms with Crippen LogP contribution in [0, 0.1) is 10.1 Å². The molecular formula is C25H20N4O3. The van der Waals surface area contributed by atoms with Gasteiger partial charge in [0.2, 0.25) is 0 Å². The lowest BCUT2D eigenvalue weighted by Crippen LogP contribution is -2.30. The van der Waals surface area contributed by atoms with Crippen molar-refractivity contribution in [3.05, 3.63) is 112 Å². The van der Waals surface area contributed by atoms with Gasteiger partial charge in [-0.05, 0) is 41.5 Å². The number of rotatable bonds is 6. The topological polar surface area (TPSA) is 95.0 Å². The number of carbonyl (C=O) groups is 1. The second-order valence-electron chi connectivity index (χ2n) is 7.68. The number of hydrogen-bond donors (Lipinski definition) is 2. The van der Waals surface area contributed by atoms with Gasteiger partial charge in [0.1, 0.15) is 0 Å². The van der Waals surface area contributed by atoms with Crippen LogP contribution in [-0.4, -0.2) is 25.7 Å². The van der Waals surface area contributed by atoms with Gasteiger partial charge in [0.15, 0.2) is 0 Å². The van der Waals surface area contributed by atoms with E-state index in [1.165, 1.54) is 12.1 Å². The third kappa shape index (κ3) is 3.60. The van der Waals surface area contributed by atoms with Crippen LogP contribution in [0.25, 0.3) is 21.8 Å². The highest BCUT2D eigenvalue weighted by Gasteiger charge is 2.21. The van der Waals surface area contributed by atoms with Gasteiger partial charge in [-0.1, -0.05) is 30.3 Å². The van der Waals surface area contributed by atoms with Crippen molar-refractivity contribution in [2.45, 2.75) is 13.1 Å². The van der Waals surface area contributed by atoms with Gasteiger partial charge in [0.25, 0.3) is 11.6 Å². The van der Waals surface area contributed by atoms with Crippen LogP contribution in [0.3, 0.4) is 0 Å². The first-order chi connectivity index (χ1) is 15.6. The van der Waals surface area contributed by atoms with Gasteiger partial charge in [0.05, 0.1) is 4.92 Å². The normalized spacial score (nSPS) is 11.1. The lowest BCUT2D eigenvalue weighted by atomic mass is 10.1. The van der Waals surface area contributed by atoms with Crippen molar-refractivity contribution in [3.63, 3.8) is 0 Å². The van der Waals surface area contributed by atoms with Crippen molar-refractivity contribution in [2.75, 3.05) is 0 Å². The summed E-state index contributed by atoms with van der Waals surface area (Å²) >= 11 is 0. The molecule has 158 valence electrons. The number of aromatic amines is 2. The zero-order valence-electron chi connectivity index (χ0n) is 17.1. The average Bonchev–Trinajstić information content (AvgIpc) is 3.48. The average molecular weight is 424 g/mol. The summed E-state index contributed by atoms with van der Waals surface area (Å²) in [7, 11) is 0. The minimum Gasteiger partial charge on any atom is -0.361 e. The fraction of sp³-hybridized carbons (Fsp3) is 0.0800. The summed E-state index contributed by atoms with van der Waals surface area (Å²) in [6.07, 6.45) is 3.75. The molecule has 0 fully saturated rings. The Kier molecular flexibility index (Phi) is 4.91. The van der Waals surface area contributed by atoms with E-state index < -0.39 is 4.92 Å². The van der Waals surface area contributed by atoms with E-state index in [4.69, 9.17) is 0 Å². The molecule has 0 saturated heterocycles. The Hall–Kier alpha value is -4.39. The van der Waals surface area contributed by atoms with Gasteiger partial charge < -0.3 is 14.9 Å². The summed E-state index contributed by atoms with van der Waals surface area (Å²) in [6, 6.07) is 21.8. The van der Waals surface area contributed by atoms with Crippen molar-refractivity contribution >= 4 is 33.4 Å². The maximum atomic E-state index is 13.6. The first kappa shape index (κ1) is 19.6. The van der Waals surface area contributed by atoms with E-state index in [0.717, 1.165) is 32.9 Å². The lowest BCUT2D eigenvalue weighted by Gasteiger charge is -2.24. The number of benzene rings is 3. The Balaban J connectivity index is 1.56. The molecule has 0 atom stereocenters. The molecule has 32 heavy (non-hydrogen) atoms. The molecule has 1 amide bonds. The van der Waals surface area contributed by atoms with Crippen LogP contribution in [0.15, 0.2) is 85.2 Å². The van der Waals surface area contributed by atoms with E-state index in [0.29, 0.717) is 18.7 Å². The van der Waals surface area contributed by atoms with Crippen molar-refractivity contribution in [1.29, 1.82) is 0 Å². The Morgan fingerprint density at radius 1 is 0.812 bits per heavy atom. The number of H-pyrrole nitrogens is 2. The standard InChI is InChI=1S/C25H20N4O3/c30-25(17-4-1-7-20(14-17)29(31)32)28(15-18-5-2-8-23-21(18)10-12-26-23)16-19-6-3-9-24-22(19)11-13-27-24/h1-14,26-27H,15-16H2. The van der Waals surface area contributed by atoms with Crippen LogP contribution in [0.4, 0.5) is 5.69 Å². The third-order valence-electron chi connectivity index (χ3n) is 5.68. The number of nitro groups is 1. The highest BCUT2D eigenvalue weighted by Crippen LogP contribution is 2.25. The van der Waals surface area contributed by atoms with Gasteiger partial charge in [-0.2, -0.15) is 0 Å². The van der Waals surface area contributed by atoms with Crippen LogP contribution < -0.4 is 0 Å². The second kappa shape index (κ2) is 8.03. The predicted octanol–water partition coefficient (Wildman–Crippen LogP) is 5.40. The van der Waals surface area contributed by atoms with Crippen LogP contribution in [-0.2, 0) is 13.1 Å². The number of aromatic nitrogens is 2. The smallest absolute Gasteiger partial charge is 0.270 e. The van der Waals surface area contributed by atoms with Crippen LogP contribution >= 0.6 is 0 Å². The Bertz CT molecular complexity index is 1370. The first-order valence-corrected chi connectivity index (χ1v) is 10.2. The fourth-order valence-corrected chi connectivity index (χ4v) is 4.12. The van der Waals surface area contributed by atoms with Gasteiger partial charge in [-0.15, -0.1) is 0 Å². The first-order valence-electron chi connectivity index (χ1n) is 10.2. The Morgan fingerprint density at radius 3 is 1.94 bits per heavy atom. The highest BCUT2D eigenvalue weighted by atomic mass is 16.6. The molecule has 0 spiro atoms. The molecule has 0 aliphatic carbocycles. The Morgan fingerprint density at radius 2 is 1.38 bits per heavy atom. The maximum absolute atomic E-state index is 13.6. The number of non-ortho nitro benzene ring substituents is 1. The SMILES string of the molecule is O=C(c1cccc([N+](=O)[O-])c1)N(Cc1cccc2[nH]ccc12)Cc1cccc2[nH]ccc12. The van der Waals surface area contributed by atoms with Gasteiger partial charge in [0, 0.05) is 65.0 Å². The number of nitro benzene ring substituents is 1. The van der Waals surface area contributed by atoms with E-state index >= 15 is 0 Å². The minimum atomic E-state index is -0.484. The summed E-state index contributed by atoms with van der Waals surface area (Å²) in [5.41, 5.74) is 4.20. The number of fused-ring (bicyclic) bond motifs is 2. The van der Waals surface area contributed by atoms with E-state index in [1.54, 1.807) is 17.0 Å². The molecule has 0 unspecified atom stereocenters. The van der Waals surface area contributed by atoms with Gasteiger partial charge in [-0.25, -0.2) is 0 Å². The summed E-state index contributed by atoms with van der Waals surface area (Å²) in [4.78, 5) is 32.5. The lowest BCUT2D eigenvalue weighted by molar-refractivity contribution is -0.384. The van der Waals surface area contributed by atoms with Crippen LogP contribution in [0.2, 0.25) is 0 Å². The molecule has 3 aromatic carbocycles. The molecule has 0 radical (unpaired) electrons. The van der Waals surface area contributed by atoms with E-state index in [9.17, 15) is 14.9 Å². The molecule has 0 aliphatic heterocycles. The second-order valence-corrected chi connectivity index (χ2v) is 7.68. The van der Waals surface area contributed by atoms with Gasteiger partial charge >= 0.3 is 0 Å². The molecule has 5 aromatic rings. The van der Waals surface area contributed by atoms with Crippen molar-refractivity contribution in [1.82, 2.24) is 14.9 Å². The summed E-state index contributed by atoms with van der Waals surface area (Å²) in [5.74, 6) is -0.256. The number of carbonyl (C=O) groups excluding carboxylic acids is 1. The highest BCUT2D eigenvalue weighted by molar-refractivity contribution is 5.95. The molecule has 0 saturated carbocycles. The molecule has 5 rings (SSSR count). The van der Waals surface area contributed by atoms with Crippen LogP contribution in [0.1, 0.15) is 21.5 Å². The molecule has 2 N–H and O–H groups in total. The molecule has 7 nitrogen and oxygen atoms in total. The predicted molar refractivity (Wildman–Crippen MR) is 123 cm³/mol. The summed E-state index contributed by atoms with van der Waals surface area (Å²) in [6.45, 7) is 0.745. The number of hydrogen-bond acceptors (Lipinski definition) is 3. The van der Waals surface area contributed by atoms with E-state index in [2.05, 4.69) is 9.97 Å². The van der Waals surface area contributed by atoms with E-state index in [-0.39, 0.29) is 11.6 Å². The molecule has 2 aromatic heterocycles. The monoisotopic (exact) mass is 424 g/mol. The van der Waals surface area contributed by atoms with Crippen molar-refractivity contribution in [3.8, 4) is 0 Å². The fourth-order valence-electron chi connectivity index (χ4n) is 4.12. The molecule has 0 aliphatic rings. The molecule has 2 heterocycles. The van der Waals surface area contributed by atoms with Crippen molar-refractivity contribution in [2.24, 2.45) is 0 Å². The number of nitrogens with one attached hydrogen (secondary N) is 2. The molecule has 7 heteroatoms. The molecular weight excluding hydrogens is 404 g/mol. The maximum Gasteiger partial charge on any atom is 0.270 e. The number of nitrogens with zero attached hydrogens (tertiary/aromatic N) is 2. The van der Waals surface area contributed by atoms with E-state index in [1.807, 2.05) is 60.9 Å². The summed E-state index contributed by atoms with van der Waals surface area (Å²) in [5, 5.41) is 13.3. The van der Waals surface area contributed by atoms with Gasteiger partial charge in [-0.3, -0.25) is 14.9 Å². The number of amides is 1. The minimum absolute atomic E-state index is 0.101. The van der Waals surface area contributed by atoms with Crippen molar-refractivity contribution < 1.29 is 9.72 Å². The quantitative estimate of drug-likeness (QED) is 0.282.